The zero-order chi connectivity index (χ0) is 13.9. The van der Waals surface area contributed by atoms with E-state index in [1.165, 1.54) is 0 Å². The van der Waals surface area contributed by atoms with E-state index in [0.717, 1.165) is 11.3 Å². The summed E-state index contributed by atoms with van der Waals surface area (Å²) in [6.07, 6.45) is 0. The predicted molar refractivity (Wildman–Crippen MR) is 72.9 cm³/mol. The summed E-state index contributed by atoms with van der Waals surface area (Å²) in [5, 5.41) is 7.27. The van der Waals surface area contributed by atoms with Crippen molar-refractivity contribution in [1.82, 2.24) is 15.5 Å². The van der Waals surface area contributed by atoms with Crippen LogP contribution in [0.15, 0.2) is 28.8 Å². The van der Waals surface area contributed by atoms with Crippen LogP contribution < -0.4 is 10.1 Å². The molecular formula is C14H19N3O2. The van der Waals surface area contributed by atoms with Crippen LogP contribution in [0.5, 0.6) is 5.75 Å². The van der Waals surface area contributed by atoms with Gasteiger partial charge in [-0.15, -0.1) is 0 Å². The van der Waals surface area contributed by atoms with Crippen molar-refractivity contribution in [2.24, 2.45) is 0 Å². The van der Waals surface area contributed by atoms with Crippen molar-refractivity contribution in [1.29, 1.82) is 0 Å². The maximum absolute atomic E-state index is 5.25. The third kappa shape index (κ3) is 3.79. The molecule has 102 valence electrons. The molecule has 0 saturated carbocycles. The van der Waals surface area contributed by atoms with Gasteiger partial charge in [-0.1, -0.05) is 5.16 Å². The highest BCUT2D eigenvalue weighted by atomic mass is 16.5. The van der Waals surface area contributed by atoms with Gasteiger partial charge in [0.15, 0.2) is 5.82 Å². The van der Waals surface area contributed by atoms with E-state index >= 15 is 0 Å². The first-order chi connectivity index (χ1) is 8.98. The standard InChI is InChI=1S/C14H19N3O2/c1-14(2,3)15-9-12-16-13(19-17-12)10-5-7-11(18-4)8-6-10/h5-8,15H,9H2,1-4H3. The average Bonchev–Trinajstić information content (AvgIpc) is 2.84. The molecule has 0 radical (unpaired) electrons. The molecule has 0 spiro atoms. The van der Waals surface area contributed by atoms with Gasteiger partial charge in [-0.2, -0.15) is 4.98 Å². The molecule has 0 amide bonds. The summed E-state index contributed by atoms with van der Waals surface area (Å²) >= 11 is 0. The van der Waals surface area contributed by atoms with E-state index in [1.807, 2.05) is 24.3 Å². The van der Waals surface area contributed by atoms with Crippen molar-refractivity contribution >= 4 is 0 Å². The topological polar surface area (TPSA) is 60.2 Å². The summed E-state index contributed by atoms with van der Waals surface area (Å²) in [4.78, 5) is 4.36. The molecule has 0 aliphatic carbocycles. The van der Waals surface area contributed by atoms with Crippen molar-refractivity contribution in [2.75, 3.05) is 7.11 Å². The summed E-state index contributed by atoms with van der Waals surface area (Å²) in [7, 11) is 1.64. The Labute approximate surface area is 113 Å². The average molecular weight is 261 g/mol. The van der Waals surface area contributed by atoms with Crippen molar-refractivity contribution in [2.45, 2.75) is 32.9 Å². The lowest BCUT2D eigenvalue weighted by Gasteiger charge is -2.18. The molecule has 5 nitrogen and oxygen atoms in total. The molecular weight excluding hydrogens is 242 g/mol. The number of aromatic nitrogens is 2. The molecule has 0 bridgehead atoms. The molecule has 1 heterocycles. The van der Waals surface area contributed by atoms with Crippen molar-refractivity contribution < 1.29 is 9.26 Å². The highest BCUT2D eigenvalue weighted by Crippen LogP contribution is 2.20. The summed E-state index contributed by atoms with van der Waals surface area (Å²) in [5.74, 6) is 1.98. The van der Waals surface area contributed by atoms with Gasteiger partial charge in [0.2, 0.25) is 0 Å². The molecule has 0 aliphatic heterocycles. The van der Waals surface area contributed by atoms with Gasteiger partial charge in [-0.3, -0.25) is 0 Å². The molecule has 0 atom stereocenters. The summed E-state index contributed by atoms with van der Waals surface area (Å²) in [5.41, 5.74) is 0.913. The zero-order valence-corrected chi connectivity index (χ0v) is 11.7. The van der Waals surface area contributed by atoms with E-state index in [1.54, 1.807) is 7.11 Å². The molecule has 1 aromatic heterocycles. The minimum Gasteiger partial charge on any atom is -0.497 e. The SMILES string of the molecule is COc1ccc(-c2nc(CNC(C)(C)C)no2)cc1. The number of rotatable bonds is 4. The lowest BCUT2D eigenvalue weighted by atomic mass is 10.1. The summed E-state index contributed by atoms with van der Waals surface area (Å²) in [6.45, 7) is 6.87. The predicted octanol–water partition coefficient (Wildman–Crippen LogP) is 2.63. The van der Waals surface area contributed by atoms with Crippen molar-refractivity contribution in [3.8, 4) is 17.2 Å². The first-order valence-corrected chi connectivity index (χ1v) is 6.20. The molecule has 0 saturated heterocycles. The van der Waals surface area contributed by atoms with Crippen LogP contribution in [-0.2, 0) is 6.54 Å². The fourth-order valence-electron chi connectivity index (χ4n) is 1.52. The van der Waals surface area contributed by atoms with Gasteiger partial charge in [0, 0.05) is 11.1 Å². The Morgan fingerprint density at radius 2 is 1.89 bits per heavy atom. The highest BCUT2D eigenvalue weighted by Gasteiger charge is 2.13. The Bertz CT molecular complexity index is 526. The third-order valence-electron chi connectivity index (χ3n) is 2.58. The number of hydrogen-bond donors (Lipinski definition) is 1. The minimum atomic E-state index is 0.0287. The van der Waals surface area contributed by atoms with Gasteiger partial charge < -0.3 is 14.6 Å². The molecule has 0 fully saturated rings. The molecule has 2 aromatic rings. The second kappa shape index (κ2) is 5.40. The number of methoxy groups -OCH3 is 1. The smallest absolute Gasteiger partial charge is 0.257 e. The lowest BCUT2D eigenvalue weighted by molar-refractivity contribution is 0.392. The quantitative estimate of drug-likeness (QED) is 0.916. The normalized spacial score (nSPS) is 11.6. The largest absolute Gasteiger partial charge is 0.497 e. The van der Waals surface area contributed by atoms with Gasteiger partial charge in [0.05, 0.1) is 13.7 Å². The monoisotopic (exact) mass is 261 g/mol. The molecule has 1 aromatic carbocycles. The van der Waals surface area contributed by atoms with Crippen LogP contribution in [0.3, 0.4) is 0 Å². The van der Waals surface area contributed by atoms with Crippen LogP contribution in [0, 0.1) is 0 Å². The maximum atomic E-state index is 5.25. The van der Waals surface area contributed by atoms with Crippen LogP contribution in [0.1, 0.15) is 26.6 Å². The Morgan fingerprint density at radius 3 is 2.47 bits per heavy atom. The van der Waals surface area contributed by atoms with Crippen LogP contribution in [0.25, 0.3) is 11.5 Å². The number of benzene rings is 1. The van der Waals surface area contributed by atoms with Crippen LogP contribution in [0.4, 0.5) is 0 Å². The van der Waals surface area contributed by atoms with Crippen LogP contribution >= 0.6 is 0 Å². The Kier molecular flexibility index (Phi) is 3.85. The van der Waals surface area contributed by atoms with E-state index in [-0.39, 0.29) is 5.54 Å². The first-order valence-electron chi connectivity index (χ1n) is 6.20. The molecule has 0 aliphatic rings. The number of nitrogens with one attached hydrogen (secondary N) is 1. The van der Waals surface area contributed by atoms with Gasteiger partial charge in [0.1, 0.15) is 5.75 Å². The summed E-state index contributed by atoms with van der Waals surface area (Å²) < 4.78 is 10.4. The minimum absolute atomic E-state index is 0.0287. The van der Waals surface area contributed by atoms with Gasteiger partial charge in [-0.25, -0.2) is 0 Å². The summed E-state index contributed by atoms with van der Waals surface area (Å²) in [6, 6.07) is 7.53. The van der Waals surface area contributed by atoms with Gasteiger partial charge in [0.25, 0.3) is 5.89 Å². The van der Waals surface area contributed by atoms with Crippen LogP contribution in [-0.4, -0.2) is 22.8 Å². The highest BCUT2D eigenvalue weighted by molar-refractivity contribution is 5.54. The van der Waals surface area contributed by atoms with E-state index in [0.29, 0.717) is 18.3 Å². The fraction of sp³-hybridized carbons (Fsp3) is 0.429. The van der Waals surface area contributed by atoms with Gasteiger partial charge in [-0.05, 0) is 45.0 Å². The molecule has 1 N–H and O–H groups in total. The van der Waals surface area contributed by atoms with E-state index in [4.69, 9.17) is 9.26 Å². The Morgan fingerprint density at radius 1 is 1.21 bits per heavy atom. The second-order valence-electron chi connectivity index (χ2n) is 5.35. The van der Waals surface area contributed by atoms with E-state index < -0.39 is 0 Å². The maximum Gasteiger partial charge on any atom is 0.257 e. The molecule has 2 rings (SSSR count). The Hall–Kier alpha value is -1.88. The molecule has 5 heteroatoms. The van der Waals surface area contributed by atoms with Crippen molar-refractivity contribution in [3.05, 3.63) is 30.1 Å². The zero-order valence-electron chi connectivity index (χ0n) is 11.7. The van der Waals surface area contributed by atoms with Gasteiger partial charge >= 0.3 is 0 Å². The fourth-order valence-corrected chi connectivity index (χ4v) is 1.52. The number of nitrogens with zero attached hydrogens (tertiary/aromatic N) is 2. The van der Waals surface area contributed by atoms with E-state index in [9.17, 15) is 0 Å². The van der Waals surface area contributed by atoms with Crippen LogP contribution in [0.2, 0.25) is 0 Å². The van der Waals surface area contributed by atoms with E-state index in [2.05, 4.69) is 36.2 Å². The lowest BCUT2D eigenvalue weighted by Crippen LogP contribution is -2.35. The third-order valence-corrected chi connectivity index (χ3v) is 2.58. The first kappa shape index (κ1) is 13.5. The Balaban J connectivity index is 2.07. The number of hydrogen-bond acceptors (Lipinski definition) is 5. The molecule has 0 unspecified atom stereocenters. The number of ether oxygens (including phenoxy) is 1. The molecule has 19 heavy (non-hydrogen) atoms. The second-order valence-corrected chi connectivity index (χ2v) is 5.35. The van der Waals surface area contributed by atoms with Crippen molar-refractivity contribution in [3.63, 3.8) is 0 Å².